The number of nitrogens with zero attached hydrogens (tertiary/aromatic N) is 2. The van der Waals surface area contributed by atoms with E-state index >= 15 is 0 Å². The van der Waals surface area contributed by atoms with E-state index in [9.17, 15) is 9.59 Å². The van der Waals surface area contributed by atoms with Crippen molar-refractivity contribution in [3.63, 3.8) is 0 Å². The highest BCUT2D eigenvalue weighted by molar-refractivity contribution is 8.00. The van der Waals surface area contributed by atoms with Crippen LogP contribution in [-0.4, -0.2) is 40.5 Å². The highest BCUT2D eigenvalue weighted by Gasteiger charge is 2.19. The number of carbonyl (C=O) groups is 1. The van der Waals surface area contributed by atoms with Gasteiger partial charge in [0.15, 0.2) is 5.16 Å². The average Bonchev–Trinajstić information content (AvgIpc) is 2.64. The molecule has 146 valence electrons. The lowest BCUT2D eigenvalue weighted by atomic mass is 10.2. The molecule has 2 rings (SSSR count). The molecule has 0 aliphatic heterocycles. The van der Waals surface area contributed by atoms with Crippen molar-refractivity contribution in [3.8, 4) is 0 Å². The third-order valence-corrected chi connectivity index (χ3v) is 5.15. The van der Waals surface area contributed by atoms with E-state index in [1.165, 1.54) is 11.8 Å². The Bertz CT molecular complexity index is 869. The molecule has 1 aromatic heterocycles. The molecule has 2 aromatic rings. The number of amides is 1. The minimum Gasteiger partial charge on any atom is -0.382 e. The number of carbonyl (C=O) groups excluding carboxylic acids is 1. The van der Waals surface area contributed by atoms with Gasteiger partial charge in [-0.3, -0.25) is 14.2 Å². The monoisotopic (exact) mass is 409 g/mol. The van der Waals surface area contributed by atoms with E-state index in [1.807, 2.05) is 6.92 Å². The van der Waals surface area contributed by atoms with Crippen molar-refractivity contribution in [3.05, 3.63) is 46.2 Å². The first kappa shape index (κ1) is 21.5. The van der Waals surface area contributed by atoms with E-state index in [4.69, 9.17) is 16.3 Å². The Balaban J connectivity index is 2.36. The van der Waals surface area contributed by atoms with Gasteiger partial charge in [0.2, 0.25) is 5.91 Å². The number of hydrogen-bond acceptors (Lipinski definition) is 5. The van der Waals surface area contributed by atoms with Crippen molar-refractivity contribution in [2.45, 2.75) is 37.2 Å². The van der Waals surface area contributed by atoms with Crippen LogP contribution in [0.5, 0.6) is 0 Å². The summed E-state index contributed by atoms with van der Waals surface area (Å²) in [6.07, 6.45) is 2.30. The minimum absolute atomic E-state index is 0.138. The number of hydrogen-bond donors (Lipinski definition) is 1. The molecule has 0 aliphatic rings. The average molecular weight is 410 g/mol. The topological polar surface area (TPSA) is 73.2 Å². The molecule has 1 heterocycles. The van der Waals surface area contributed by atoms with Gasteiger partial charge in [0.05, 0.1) is 16.2 Å². The van der Waals surface area contributed by atoms with Gasteiger partial charge in [-0.25, -0.2) is 4.98 Å². The van der Waals surface area contributed by atoms with Gasteiger partial charge in [-0.2, -0.15) is 0 Å². The van der Waals surface area contributed by atoms with E-state index in [-0.39, 0.29) is 11.5 Å². The summed E-state index contributed by atoms with van der Waals surface area (Å²) in [5.74, 6) is -0.138. The Kier molecular flexibility index (Phi) is 8.34. The Morgan fingerprint density at radius 3 is 3.00 bits per heavy atom. The van der Waals surface area contributed by atoms with Crippen molar-refractivity contribution in [1.29, 1.82) is 0 Å². The molecule has 0 fully saturated rings. The van der Waals surface area contributed by atoms with Crippen molar-refractivity contribution in [1.82, 2.24) is 14.9 Å². The molecule has 0 bridgehead atoms. The number of halogens is 1. The van der Waals surface area contributed by atoms with Gasteiger partial charge < -0.3 is 10.1 Å². The quantitative estimate of drug-likeness (QED) is 0.282. The highest BCUT2D eigenvalue weighted by atomic mass is 35.5. The maximum atomic E-state index is 13.0. The van der Waals surface area contributed by atoms with Crippen LogP contribution in [0.15, 0.2) is 40.8 Å². The van der Waals surface area contributed by atoms with Crippen LogP contribution in [0.1, 0.15) is 20.3 Å². The van der Waals surface area contributed by atoms with Crippen LogP contribution in [-0.2, 0) is 16.1 Å². The lowest BCUT2D eigenvalue weighted by Gasteiger charge is -2.16. The standard InChI is InChI=1S/C19H24ClN3O3S/c1-4-9-21-17(24)13(3)27-19-22-16-12-14(20)7-8-15(16)18(25)23(19)10-6-11-26-5-2/h4,7-8,12-13H,1,5-6,9-11H2,2-3H3,(H,21,24)/t13-/m1/s1. The molecule has 27 heavy (non-hydrogen) atoms. The second-order valence-corrected chi connectivity index (χ2v) is 7.60. The largest absolute Gasteiger partial charge is 0.382 e. The van der Waals surface area contributed by atoms with E-state index in [0.717, 1.165) is 0 Å². The molecule has 0 spiro atoms. The van der Waals surface area contributed by atoms with Gasteiger partial charge in [0, 0.05) is 31.3 Å². The molecule has 8 heteroatoms. The lowest BCUT2D eigenvalue weighted by molar-refractivity contribution is -0.120. The zero-order chi connectivity index (χ0) is 19.8. The highest BCUT2D eigenvalue weighted by Crippen LogP contribution is 2.24. The summed E-state index contributed by atoms with van der Waals surface area (Å²) in [5.41, 5.74) is 0.379. The molecular formula is C19H24ClN3O3S. The van der Waals surface area contributed by atoms with Gasteiger partial charge in [0.25, 0.3) is 5.56 Å². The molecule has 0 unspecified atom stereocenters. The molecule has 0 radical (unpaired) electrons. The summed E-state index contributed by atoms with van der Waals surface area (Å²) in [6.45, 7) is 9.35. The second kappa shape index (κ2) is 10.5. The van der Waals surface area contributed by atoms with E-state index in [0.29, 0.717) is 53.8 Å². The third kappa shape index (κ3) is 5.82. The van der Waals surface area contributed by atoms with Crippen LogP contribution >= 0.6 is 23.4 Å². The van der Waals surface area contributed by atoms with Crippen molar-refractivity contribution < 1.29 is 9.53 Å². The molecule has 1 N–H and O–H groups in total. The van der Waals surface area contributed by atoms with Crippen LogP contribution in [0.25, 0.3) is 10.9 Å². The Hall–Kier alpha value is -1.83. The SMILES string of the molecule is C=CCNC(=O)[C@@H](C)Sc1nc2cc(Cl)ccc2c(=O)n1CCCOCC. The lowest BCUT2D eigenvalue weighted by Crippen LogP contribution is -2.32. The maximum absolute atomic E-state index is 13.0. The smallest absolute Gasteiger partial charge is 0.262 e. The normalized spacial score (nSPS) is 12.1. The van der Waals surface area contributed by atoms with Crippen LogP contribution in [0.2, 0.25) is 5.02 Å². The molecule has 1 amide bonds. The molecule has 1 atom stereocenters. The van der Waals surface area contributed by atoms with Gasteiger partial charge in [0.1, 0.15) is 0 Å². The van der Waals surface area contributed by atoms with Crippen LogP contribution < -0.4 is 10.9 Å². The molecule has 0 saturated carbocycles. The van der Waals surface area contributed by atoms with Crippen molar-refractivity contribution in [2.75, 3.05) is 19.8 Å². The fourth-order valence-electron chi connectivity index (χ4n) is 2.46. The summed E-state index contributed by atoms with van der Waals surface area (Å²) in [4.78, 5) is 29.7. The Morgan fingerprint density at radius 2 is 2.30 bits per heavy atom. The van der Waals surface area contributed by atoms with Gasteiger partial charge in [-0.15, -0.1) is 6.58 Å². The molecule has 0 saturated heterocycles. The summed E-state index contributed by atoms with van der Waals surface area (Å²) < 4.78 is 6.98. The zero-order valence-corrected chi connectivity index (χ0v) is 17.1. The Morgan fingerprint density at radius 1 is 1.52 bits per heavy atom. The Labute approximate surface area is 167 Å². The summed E-state index contributed by atoms with van der Waals surface area (Å²) >= 11 is 7.30. The van der Waals surface area contributed by atoms with Gasteiger partial charge in [-0.1, -0.05) is 29.4 Å². The van der Waals surface area contributed by atoms with E-state index in [2.05, 4.69) is 16.9 Å². The summed E-state index contributed by atoms with van der Waals surface area (Å²) in [6, 6.07) is 5.02. The zero-order valence-electron chi connectivity index (χ0n) is 15.5. The van der Waals surface area contributed by atoms with Crippen molar-refractivity contribution >= 4 is 40.2 Å². The second-order valence-electron chi connectivity index (χ2n) is 5.86. The third-order valence-electron chi connectivity index (χ3n) is 3.83. The summed E-state index contributed by atoms with van der Waals surface area (Å²) in [5, 5.41) is 3.86. The van der Waals surface area contributed by atoms with E-state index < -0.39 is 5.25 Å². The predicted molar refractivity (Wildman–Crippen MR) is 111 cm³/mol. The number of thioether (sulfide) groups is 1. The van der Waals surface area contributed by atoms with Crippen LogP contribution in [0.3, 0.4) is 0 Å². The first-order chi connectivity index (χ1) is 13.0. The van der Waals surface area contributed by atoms with Crippen LogP contribution in [0.4, 0.5) is 0 Å². The fraction of sp³-hybridized carbons (Fsp3) is 0.421. The number of ether oxygens (including phenoxy) is 1. The number of aromatic nitrogens is 2. The molecule has 6 nitrogen and oxygen atoms in total. The van der Waals surface area contributed by atoms with Gasteiger partial charge in [-0.05, 0) is 38.5 Å². The number of benzene rings is 1. The first-order valence-corrected chi connectivity index (χ1v) is 10.1. The number of nitrogens with one attached hydrogen (secondary N) is 1. The predicted octanol–water partition coefficient (Wildman–Crippen LogP) is 3.26. The van der Waals surface area contributed by atoms with Crippen molar-refractivity contribution in [2.24, 2.45) is 0 Å². The van der Waals surface area contributed by atoms with Gasteiger partial charge >= 0.3 is 0 Å². The number of fused-ring (bicyclic) bond motifs is 1. The van der Waals surface area contributed by atoms with E-state index in [1.54, 1.807) is 35.8 Å². The molecule has 1 aromatic carbocycles. The molecular weight excluding hydrogens is 386 g/mol. The number of rotatable bonds is 10. The maximum Gasteiger partial charge on any atom is 0.262 e. The minimum atomic E-state index is -0.411. The fourth-order valence-corrected chi connectivity index (χ4v) is 3.58. The summed E-state index contributed by atoms with van der Waals surface area (Å²) in [7, 11) is 0. The van der Waals surface area contributed by atoms with Crippen LogP contribution in [0, 0.1) is 0 Å². The molecule has 0 aliphatic carbocycles. The first-order valence-electron chi connectivity index (χ1n) is 8.81.